The van der Waals surface area contributed by atoms with Gasteiger partial charge < -0.3 is 5.11 Å². The highest BCUT2D eigenvalue weighted by molar-refractivity contribution is 5.68. The zero-order valence-electron chi connectivity index (χ0n) is 13.4. The minimum atomic E-state index is 0.388. The highest BCUT2D eigenvalue weighted by Gasteiger charge is 2.45. The van der Waals surface area contributed by atoms with Crippen molar-refractivity contribution in [3.8, 4) is 0 Å². The first-order chi connectivity index (χ1) is 10.0. The molecule has 0 spiro atoms. The van der Waals surface area contributed by atoms with Gasteiger partial charge in [-0.15, -0.1) is 5.76 Å². The van der Waals surface area contributed by atoms with Gasteiger partial charge >= 0.3 is 0 Å². The number of benzene rings is 1. The maximum Gasteiger partial charge on any atom is -0.0198 e. The molecule has 112 valence electrons. The van der Waals surface area contributed by atoms with Crippen LogP contribution in [0.5, 0.6) is 0 Å². The summed E-state index contributed by atoms with van der Waals surface area (Å²) < 4.78 is 0. The van der Waals surface area contributed by atoms with Gasteiger partial charge in [-0.25, -0.2) is 0 Å². The van der Waals surface area contributed by atoms with Gasteiger partial charge in [0.25, 0.3) is 0 Å². The zero-order valence-corrected chi connectivity index (χ0v) is 13.4. The van der Waals surface area contributed by atoms with Crippen LogP contribution in [0, 0.1) is 44.4 Å². The molecule has 0 unspecified atom stereocenters. The first kappa shape index (κ1) is 13.4. The van der Waals surface area contributed by atoms with Crippen LogP contribution < -0.4 is 5.11 Å². The molecule has 0 saturated heterocycles. The number of allylic oxidation sites excluding steroid dienone is 1. The van der Waals surface area contributed by atoms with Crippen molar-refractivity contribution in [3.63, 3.8) is 0 Å². The molecule has 0 radical (unpaired) electrons. The highest BCUT2D eigenvalue weighted by atomic mass is 16.3. The first-order valence-electron chi connectivity index (χ1n) is 8.52. The fraction of sp³-hybridized carbons (Fsp3) is 0.600. The van der Waals surface area contributed by atoms with Gasteiger partial charge in [0.1, 0.15) is 0 Å². The Morgan fingerprint density at radius 1 is 0.857 bits per heavy atom. The molecule has 4 bridgehead atoms. The van der Waals surface area contributed by atoms with Crippen LogP contribution in [0.1, 0.15) is 54.4 Å². The lowest BCUT2D eigenvalue weighted by atomic mass is 9.54. The number of rotatable bonds is 1. The van der Waals surface area contributed by atoms with Crippen LogP contribution in [0.25, 0.3) is 5.76 Å². The topological polar surface area (TPSA) is 23.1 Å². The van der Waals surface area contributed by atoms with Gasteiger partial charge in [-0.1, -0.05) is 23.3 Å². The van der Waals surface area contributed by atoms with E-state index in [0.717, 1.165) is 17.4 Å². The van der Waals surface area contributed by atoms with E-state index in [1.54, 1.807) is 0 Å². The predicted octanol–water partition coefficient (Wildman–Crippen LogP) is 4.14. The highest BCUT2D eigenvalue weighted by Crippen LogP contribution is 2.57. The summed E-state index contributed by atoms with van der Waals surface area (Å²) in [4.78, 5) is 0. The van der Waals surface area contributed by atoms with E-state index < -0.39 is 0 Å². The largest absolute Gasteiger partial charge is 0.872 e. The van der Waals surface area contributed by atoms with Crippen LogP contribution in [0.4, 0.5) is 0 Å². The van der Waals surface area contributed by atoms with Gasteiger partial charge in [0.15, 0.2) is 0 Å². The van der Waals surface area contributed by atoms with Crippen molar-refractivity contribution in [1.29, 1.82) is 0 Å². The second-order valence-corrected chi connectivity index (χ2v) is 7.86. The number of aryl methyl sites for hydroxylation is 3. The molecule has 0 aromatic heterocycles. The van der Waals surface area contributed by atoms with Crippen LogP contribution in [-0.2, 0) is 0 Å². The summed E-state index contributed by atoms with van der Waals surface area (Å²) in [6, 6.07) is 4.33. The minimum Gasteiger partial charge on any atom is -0.872 e. The molecule has 4 aliphatic carbocycles. The Morgan fingerprint density at radius 2 is 1.33 bits per heavy atom. The lowest BCUT2D eigenvalue weighted by Crippen LogP contribution is -2.41. The summed E-state index contributed by atoms with van der Waals surface area (Å²) in [5, 5.41) is 13.3. The first-order valence-corrected chi connectivity index (χ1v) is 8.52. The van der Waals surface area contributed by atoms with Gasteiger partial charge in [-0.05, 0) is 93.2 Å². The molecule has 0 heterocycles. The van der Waals surface area contributed by atoms with Crippen molar-refractivity contribution in [2.75, 3.05) is 0 Å². The van der Waals surface area contributed by atoms with Crippen molar-refractivity contribution in [3.05, 3.63) is 40.0 Å². The van der Waals surface area contributed by atoms with E-state index in [2.05, 4.69) is 32.9 Å². The van der Waals surface area contributed by atoms with Crippen LogP contribution in [0.2, 0.25) is 0 Å². The fourth-order valence-electron chi connectivity index (χ4n) is 5.75. The Bertz CT molecular complexity index is 570. The third kappa shape index (κ3) is 2.05. The predicted molar refractivity (Wildman–Crippen MR) is 84.6 cm³/mol. The standard InChI is InChI=1S/C20H26O/c1-11-4-12(2)18(13(3)5-11)20(21)19-16-7-14-6-15(9-16)10-17(19)8-14/h4-5,14-17,21H,6-10H2,1-3H3/p-1. The smallest absolute Gasteiger partial charge is 0.0198 e. The summed E-state index contributed by atoms with van der Waals surface area (Å²) >= 11 is 0. The van der Waals surface area contributed by atoms with Gasteiger partial charge in [-0.2, -0.15) is 0 Å². The van der Waals surface area contributed by atoms with Crippen molar-refractivity contribution >= 4 is 5.76 Å². The molecule has 1 aromatic carbocycles. The molecule has 4 fully saturated rings. The monoisotopic (exact) mass is 281 g/mol. The molecule has 0 amide bonds. The third-order valence-electron chi connectivity index (χ3n) is 6.18. The molecule has 0 N–H and O–H groups in total. The molecule has 1 aromatic rings. The maximum atomic E-state index is 13.3. The second-order valence-electron chi connectivity index (χ2n) is 7.86. The molecule has 0 atom stereocenters. The zero-order chi connectivity index (χ0) is 14.7. The quantitative estimate of drug-likeness (QED) is 0.709. The third-order valence-corrected chi connectivity index (χ3v) is 6.18. The summed E-state index contributed by atoms with van der Waals surface area (Å²) in [6.07, 6.45) is 6.60. The van der Waals surface area contributed by atoms with Crippen molar-refractivity contribution < 1.29 is 5.11 Å². The maximum absolute atomic E-state index is 13.3. The molecule has 0 aliphatic heterocycles. The number of hydrogen-bond donors (Lipinski definition) is 0. The van der Waals surface area contributed by atoms with E-state index >= 15 is 0 Å². The van der Waals surface area contributed by atoms with Crippen LogP contribution in [-0.4, -0.2) is 0 Å². The van der Waals surface area contributed by atoms with Crippen LogP contribution in [0.15, 0.2) is 17.7 Å². The van der Waals surface area contributed by atoms with E-state index in [1.807, 2.05) is 0 Å². The van der Waals surface area contributed by atoms with Crippen LogP contribution in [0.3, 0.4) is 0 Å². The van der Waals surface area contributed by atoms with Gasteiger partial charge in [-0.3, -0.25) is 0 Å². The molecule has 4 saturated carbocycles. The number of hydrogen-bond acceptors (Lipinski definition) is 1. The van der Waals surface area contributed by atoms with E-state index in [-0.39, 0.29) is 0 Å². The van der Waals surface area contributed by atoms with Crippen molar-refractivity contribution in [1.82, 2.24) is 0 Å². The summed E-state index contributed by atoms with van der Waals surface area (Å²) in [5.74, 6) is 3.44. The lowest BCUT2D eigenvalue weighted by Gasteiger charge is -2.53. The van der Waals surface area contributed by atoms with E-state index in [0.29, 0.717) is 17.6 Å². The van der Waals surface area contributed by atoms with E-state index in [9.17, 15) is 5.11 Å². The van der Waals surface area contributed by atoms with Crippen LogP contribution >= 0.6 is 0 Å². The van der Waals surface area contributed by atoms with Crippen molar-refractivity contribution in [2.45, 2.75) is 52.9 Å². The Balaban J connectivity index is 1.82. The van der Waals surface area contributed by atoms with Gasteiger partial charge in [0, 0.05) is 0 Å². The van der Waals surface area contributed by atoms with E-state index in [1.165, 1.54) is 54.4 Å². The lowest BCUT2D eigenvalue weighted by molar-refractivity contribution is -0.247. The molecule has 21 heavy (non-hydrogen) atoms. The Hall–Kier alpha value is -1.24. The van der Waals surface area contributed by atoms with Gasteiger partial charge in [0.2, 0.25) is 0 Å². The molecule has 5 rings (SSSR count). The van der Waals surface area contributed by atoms with Crippen molar-refractivity contribution in [2.24, 2.45) is 23.7 Å². The summed E-state index contributed by atoms with van der Waals surface area (Å²) in [6.45, 7) is 6.32. The normalized spacial score (nSPS) is 33.6. The fourth-order valence-corrected chi connectivity index (χ4v) is 5.75. The minimum absolute atomic E-state index is 0.388. The molecule has 4 aliphatic rings. The summed E-state index contributed by atoms with van der Waals surface area (Å²) in [5.41, 5.74) is 5.90. The molecule has 1 nitrogen and oxygen atoms in total. The Labute approximate surface area is 128 Å². The average molecular weight is 281 g/mol. The molecular weight excluding hydrogens is 256 g/mol. The molecular formula is C20H25O-. The van der Waals surface area contributed by atoms with E-state index in [4.69, 9.17) is 0 Å². The molecule has 1 heteroatoms. The second kappa shape index (κ2) is 4.63. The Kier molecular flexibility index (Phi) is 2.96. The van der Waals surface area contributed by atoms with Gasteiger partial charge in [0.05, 0.1) is 0 Å². The SMILES string of the molecule is Cc1cc(C)c(C([O-])=C2C3CC4CC(C3)CC2C4)c(C)c1. The average Bonchev–Trinajstić information content (AvgIpc) is 2.35. The summed E-state index contributed by atoms with van der Waals surface area (Å²) in [7, 11) is 0. The Morgan fingerprint density at radius 3 is 1.81 bits per heavy atom.